The van der Waals surface area contributed by atoms with E-state index in [0.29, 0.717) is 18.8 Å². The van der Waals surface area contributed by atoms with Gasteiger partial charge in [0.15, 0.2) is 12.1 Å². The first kappa shape index (κ1) is 31.5. The van der Waals surface area contributed by atoms with E-state index in [1.807, 2.05) is 6.92 Å². The summed E-state index contributed by atoms with van der Waals surface area (Å²) in [5.41, 5.74) is -3.03. The summed E-state index contributed by atoms with van der Waals surface area (Å²) in [4.78, 5) is 25.6. The molecule has 7 rings (SSSR count). The van der Waals surface area contributed by atoms with Gasteiger partial charge in [-0.1, -0.05) is 34.6 Å². The van der Waals surface area contributed by atoms with E-state index < -0.39 is 53.2 Å². The Hall–Kier alpha value is -1.14. The van der Waals surface area contributed by atoms with E-state index in [4.69, 9.17) is 14.2 Å². The van der Waals surface area contributed by atoms with Gasteiger partial charge < -0.3 is 39.7 Å². The summed E-state index contributed by atoms with van der Waals surface area (Å²) < 4.78 is 18.3. The maximum absolute atomic E-state index is 12.9. The van der Waals surface area contributed by atoms with Crippen molar-refractivity contribution in [2.24, 2.45) is 50.7 Å². The highest BCUT2D eigenvalue weighted by Crippen LogP contribution is 2.90. The molecule has 0 radical (unpaired) electrons. The molecule has 1 heterocycles. The van der Waals surface area contributed by atoms with Crippen molar-refractivity contribution < 1.29 is 49.3 Å². The molecule has 0 bridgehead atoms. The van der Waals surface area contributed by atoms with Crippen LogP contribution in [0, 0.1) is 50.7 Å². The van der Waals surface area contributed by atoms with E-state index in [0.717, 1.165) is 32.1 Å². The van der Waals surface area contributed by atoms with Crippen molar-refractivity contribution in [1.82, 2.24) is 0 Å². The van der Waals surface area contributed by atoms with Crippen LogP contribution in [0.5, 0.6) is 0 Å². The van der Waals surface area contributed by atoms with E-state index >= 15 is 0 Å². The molecule has 44 heavy (non-hydrogen) atoms. The van der Waals surface area contributed by atoms with E-state index in [-0.39, 0.29) is 64.9 Å². The van der Waals surface area contributed by atoms with Crippen LogP contribution in [-0.2, 0) is 23.8 Å². The minimum Gasteiger partial charge on any atom is -0.462 e. The summed E-state index contributed by atoms with van der Waals surface area (Å²) in [5.74, 6) is -0.643. The average molecular weight is 621 g/mol. The molecule has 7 aliphatic rings. The third-order valence-electron chi connectivity index (χ3n) is 15.1. The SMILES string of the molecule is CC(=O)O[C@@H]1C[C@@]23C[C@@]24CC[C@H](O[C@@H]2OC[C@H](O)[C@H](O)[C@H]2O)C(C)(C)[C@@H]4CC[C@H]3[C@]2(C)C[C@]3(O)[C@@H](O)C(=O)C[C@@H](C)[C@@H]3[C@@]12C. The van der Waals surface area contributed by atoms with Crippen molar-refractivity contribution in [3.63, 3.8) is 0 Å². The molecule has 0 aromatic carbocycles. The molecular weight excluding hydrogens is 568 g/mol. The number of ether oxygens (including phenoxy) is 3. The van der Waals surface area contributed by atoms with Crippen molar-refractivity contribution >= 4 is 11.8 Å². The molecular formula is C34H52O10. The zero-order chi connectivity index (χ0) is 32.0. The monoisotopic (exact) mass is 620 g/mol. The van der Waals surface area contributed by atoms with Gasteiger partial charge in [0.1, 0.15) is 36.1 Å². The molecule has 10 heteroatoms. The van der Waals surface area contributed by atoms with Gasteiger partial charge in [-0.3, -0.25) is 9.59 Å². The van der Waals surface area contributed by atoms with Crippen LogP contribution in [-0.4, -0.2) is 92.4 Å². The van der Waals surface area contributed by atoms with Gasteiger partial charge >= 0.3 is 5.97 Å². The predicted octanol–water partition coefficient (Wildman–Crippen LogP) is 2.10. The van der Waals surface area contributed by atoms with Crippen molar-refractivity contribution in [3.8, 4) is 0 Å². The lowest BCUT2D eigenvalue weighted by molar-refractivity contribution is -0.303. The van der Waals surface area contributed by atoms with Crippen LogP contribution in [0.2, 0.25) is 0 Å². The van der Waals surface area contributed by atoms with E-state index in [9.17, 15) is 35.1 Å². The number of ketones is 1. The number of rotatable bonds is 3. The molecule has 0 unspecified atom stereocenters. The van der Waals surface area contributed by atoms with Crippen molar-refractivity contribution in [2.45, 2.75) is 141 Å². The van der Waals surface area contributed by atoms with Gasteiger partial charge in [-0.05, 0) is 84.4 Å². The first-order valence-corrected chi connectivity index (χ1v) is 16.8. The van der Waals surface area contributed by atoms with Gasteiger partial charge in [-0.25, -0.2) is 0 Å². The Balaban J connectivity index is 1.23. The number of aliphatic hydroxyl groups excluding tert-OH is 4. The van der Waals surface area contributed by atoms with Gasteiger partial charge in [0.05, 0.1) is 12.7 Å². The maximum atomic E-state index is 12.9. The van der Waals surface area contributed by atoms with E-state index in [1.54, 1.807) is 0 Å². The first-order valence-electron chi connectivity index (χ1n) is 16.8. The number of fused-ring (bicyclic) bond motifs is 4. The van der Waals surface area contributed by atoms with Crippen LogP contribution in [0.4, 0.5) is 0 Å². The van der Waals surface area contributed by atoms with Gasteiger partial charge in [0.25, 0.3) is 0 Å². The van der Waals surface area contributed by atoms with Gasteiger partial charge in [0.2, 0.25) is 0 Å². The Morgan fingerprint density at radius 2 is 1.61 bits per heavy atom. The Morgan fingerprint density at radius 1 is 0.932 bits per heavy atom. The topological polar surface area (TPSA) is 163 Å². The third-order valence-corrected chi connectivity index (χ3v) is 15.1. The Bertz CT molecular complexity index is 1240. The number of Topliss-reactive ketones (excluding diaryl/α,β-unsaturated/α-hetero) is 1. The fourth-order valence-electron chi connectivity index (χ4n) is 13.5. The standard InChI is InChI=1S/C34H52O10/c1-16-11-18(36)27(40)34(41)14-30(5)21-8-7-20-29(3,4)22(44-28-25(39)24(38)19(37)13-42-28)9-10-32(20)15-33(21,32)12-23(43-17(2)35)31(30,6)26(16)34/h16,19-28,37-41H,7-15H2,1-6H3/t16-,19+,20+,21+,22+,23-,24+,25-,26-,27+,28+,30+,31-,32-,33+,34-/m1/s1. The molecule has 0 aromatic rings. The van der Waals surface area contributed by atoms with Gasteiger partial charge in [-0.15, -0.1) is 0 Å². The quantitative estimate of drug-likeness (QED) is 0.233. The van der Waals surface area contributed by atoms with Crippen LogP contribution >= 0.6 is 0 Å². The van der Waals surface area contributed by atoms with Gasteiger partial charge in [0, 0.05) is 24.7 Å². The normalized spacial score (nSPS) is 59.0. The Labute approximate surface area is 259 Å². The number of hydrogen-bond acceptors (Lipinski definition) is 10. The number of carbonyl (C=O) groups excluding carboxylic acids is 2. The minimum absolute atomic E-state index is 0.000193. The summed E-state index contributed by atoms with van der Waals surface area (Å²) in [6, 6.07) is 0. The molecule has 248 valence electrons. The predicted molar refractivity (Wildman–Crippen MR) is 156 cm³/mol. The second-order valence-corrected chi connectivity index (χ2v) is 17.1. The van der Waals surface area contributed by atoms with Crippen LogP contribution in [0.15, 0.2) is 0 Å². The maximum Gasteiger partial charge on any atom is 0.302 e. The molecule has 0 amide bonds. The summed E-state index contributed by atoms with van der Waals surface area (Å²) in [6.45, 7) is 12.2. The van der Waals surface area contributed by atoms with Crippen LogP contribution in [0.25, 0.3) is 0 Å². The number of carbonyl (C=O) groups is 2. The fourth-order valence-corrected chi connectivity index (χ4v) is 13.5. The smallest absolute Gasteiger partial charge is 0.302 e. The molecule has 0 aromatic heterocycles. The third kappa shape index (κ3) is 3.62. The van der Waals surface area contributed by atoms with E-state index in [1.165, 1.54) is 6.92 Å². The van der Waals surface area contributed by atoms with Crippen molar-refractivity contribution in [1.29, 1.82) is 0 Å². The average Bonchev–Trinajstić information content (AvgIpc) is 3.53. The van der Waals surface area contributed by atoms with Crippen LogP contribution in [0.3, 0.4) is 0 Å². The summed E-state index contributed by atoms with van der Waals surface area (Å²) in [7, 11) is 0. The Kier molecular flexibility index (Phi) is 6.78. The van der Waals surface area contributed by atoms with Crippen LogP contribution in [0.1, 0.15) is 92.9 Å². The Morgan fingerprint density at radius 3 is 2.30 bits per heavy atom. The van der Waals surface area contributed by atoms with Gasteiger partial charge in [-0.2, -0.15) is 0 Å². The molecule has 1 saturated heterocycles. The molecule has 10 nitrogen and oxygen atoms in total. The zero-order valence-electron chi connectivity index (χ0n) is 27.0. The molecule has 6 aliphatic carbocycles. The second kappa shape index (κ2) is 9.48. The molecule has 6 saturated carbocycles. The number of hydrogen-bond donors (Lipinski definition) is 5. The lowest BCUT2D eigenvalue weighted by atomic mass is 9.41. The minimum atomic E-state index is -1.56. The lowest BCUT2D eigenvalue weighted by Gasteiger charge is -2.65. The fraction of sp³-hybridized carbons (Fsp3) is 0.941. The van der Waals surface area contributed by atoms with Crippen molar-refractivity contribution in [2.75, 3.05) is 6.61 Å². The van der Waals surface area contributed by atoms with Crippen molar-refractivity contribution in [3.05, 3.63) is 0 Å². The number of aliphatic hydroxyl groups is 5. The van der Waals surface area contributed by atoms with E-state index in [2.05, 4.69) is 27.7 Å². The highest BCUT2D eigenvalue weighted by atomic mass is 16.7. The zero-order valence-corrected chi connectivity index (χ0v) is 27.0. The largest absolute Gasteiger partial charge is 0.462 e. The molecule has 2 spiro atoms. The molecule has 5 N–H and O–H groups in total. The molecule has 7 fully saturated rings. The van der Waals surface area contributed by atoms with Crippen LogP contribution < -0.4 is 0 Å². The first-order chi connectivity index (χ1) is 20.4. The molecule has 1 aliphatic heterocycles. The highest BCUT2D eigenvalue weighted by Gasteiger charge is 2.87. The second-order valence-electron chi connectivity index (χ2n) is 17.1. The summed E-state index contributed by atoms with van der Waals surface area (Å²) >= 11 is 0. The highest BCUT2D eigenvalue weighted by molar-refractivity contribution is 5.85. The summed E-state index contributed by atoms with van der Waals surface area (Å²) in [5, 5.41) is 54.3. The molecule has 16 atom stereocenters. The number of esters is 1. The summed E-state index contributed by atoms with van der Waals surface area (Å²) in [6.07, 6.45) is -1.19. The lowest BCUT2D eigenvalue weighted by Crippen LogP contribution is -2.65.